The average molecular weight is 398 g/mol. The van der Waals surface area contributed by atoms with Gasteiger partial charge in [0.1, 0.15) is 17.7 Å². The number of aryl methyl sites for hydroxylation is 1. The Bertz CT molecular complexity index is 736. The van der Waals surface area contributed by atoms with Crippen molar-refractivity contribution in [2.75, 3.05) is 39.3 Å². The van der Waals surface area contributed by atoms with Crippen molar-refractivity contribution in [1.82, 2.24) is 35.7 Å². The number of hydrogen-bond acceptors (Lipinski definition) is 6. The van der Waals surface area contributed by atoms with Crippen LogP contribution in [0.3, 0.4) is 0 Å². The number of amides is 1. The fourth-order valence-corrected chi connectivity index (χ4v) is 3.09. The molecule has 0 spiro atoms. The molecule has 0 aliphatic carbocycles. The van der Waals surface area contributed by atoms with E-state index in [1.54, 1.807) is 19.1 Å². The predicted molar refractivity (Wildman–Crippen MR) is 101 cm³/mol. The summed E-state index contributed by atoms with van der Waals surface area (Å²) in [7, 11) is 0. The van der Waals surface area contributed by atoms with Crippen LogP contribution in [-0.4, -0.2) is 70.3 Å². The van der Waals surface area contributed by atoms with Gasteiger partial charge in [-0.15, -0.1) is 17.5 Å². The molecule has 10 heteroatoms. The van der Waals surface area contributed by atoms with E-state index < -0.39 is 6.04 Å². The molecule has 3 rings (SSSR count). The Morgan fingerprint density at radius 2 is 2.15 bits per heavy atom. The number of halogens is 2. The summed E-state index contributed by atoms with van der Waals surface area (Å²) < 4.78 is 15.0. The van der Waals surface area contributed by atoms with Gasteiger partial charge < -0.3 is 10.6 Å². The number of carbonyl (C=O) groups is 1. The fourth-order valence-electron chi connectivity index (χ4n) is 3.09. The van der Waals surface area contributed by atoms with Crippen molar-refractivity contribution in [3.05, 3.63) is 41.5 Å². The third-order valence-electron chi connectivity index (χ3n) is 4.51. The normalized spacial score (nSPS) is 15.8. The standard InChI is InChI=1S/C17H24FN7O.ClH/c1-13-21-22-23-25(13)16(12-14-3-2-4-15(18)11-14)17(26)20-7-10-24-8-5-19-6-9-24;/h2-4,11,16,19H,5-10,12H2,1H3,(H,20,26);1H. The first-order valence-corrected chi connectivity index (χ1v) is 8.83. The SMILES string of the molecule is Cc1nnnn1C(Cc1cccc(F)c1)C(=O)NCCN1CCNCC1.Cl. The predicted octanol–water partition coefficient (Wildman–Crippen LogP) is 0.348. The molecule has 1 atom stereocenters. The van der Waals surface area contributed by atoms with Crippen LogP contribution in [0.4, 0.5) is 4.39 Å². The van der Waals surface area contributed by atoms with Crippen LogP contribution < -0.4 is 10.6 Å². The summed E-state index contributed by atoms with van der Waals surface area (Å²) in [5.41, 5.74) is 0.724. The lowest BCUT2D eigenvalue weighted by Gasteiger charge is -2.27. The van der Waals surface area contributed by atoms with Crippen molar-refractivity contribution in [3.8, 4) is 0 Å². The maximum Gasteiger partial charge on any atom is 0.245 e. The Labute approximate surface area is 163 Å². The minimum Gasteiger partial charge on any atom is -0.353 e. The van der Waals surface area contributed by atoms with Crippen LogP contribution >= 0.6 is 12.4 Å². The summed E-state index contributed by atoms with van der Waals surface area (Å²) in [5.74, 6) is 0.0530. The minimum atomic E-state index is -0.616. The number of nitrogens with zero attached hydrogens (tertiary/aromatic N) is 5. The van der Waals surface area contributed by atoms with E-state index in [1.165, 1.54) is 16.8 Å². The third-order valence-corrected chi connectivity index (χ3v) is 4.51. The molecule has 1 amide bonds. The first-order valence-electron chi connectivity index (χ1n) is 8.83. The fraction of sp³-hybridized carbons (Fsp3) is 0.529. The Morgan fingerprint density at radius 3 is 2.81 bits per heavy atom. The molecular formula is C17H25ClFN7O. The van der Waals surface area contributed by atoms with Gasteiger partial charge >= 0.3 is 0 Å². The van der Waals surface area contributed by atoms with Gasteiger partial charge in [-0.3, -0.25) is 9.69 Å². The molecule has 0 saturated carbocycles. The monoisotopic (exact) mass is 397 g/mol. The average Bonchev–Trinajstić information content (AvgIpc) is 3.06. The second-order valence-electron chi connectivity index (χ2n) is 6.40. The Hall–Kier alpha value is -2.10. The zero-order valence-electron chi connectivity index (χ0n) is 15.3. The van der Waals surface area contributed by atoms with Gasteiger partial charge in [-0.25, -0.2) is 9.07 Å². The summed E-state index contributed by atoms with van der Waals surface area (Å²) in [6, 6.07) is 5.63. The van der Waals surface area contributed by atoms with Crippen LogP contribution in [0, 0.1) is 12.7 Å². The Balaban J connectivity index is 0.00000261. The van der Waals surface area contributed by atoms with Gasteiger partial charge in [0.25, 0.3) is 0 Å². The molecule has 1 unspecified atom stereocenters. The summed E-state index contributed by atoms with van der Waals surface area (Å²) in [4.78, 5) is 15.1. The van der Waals surface area contributed by atoms with Gasteiger partial charge in [0.05, 0.1) is 0 Å². The van der Waals surface area contributed by atoms with Crippen LogP contribution in [0.2, 0.25) is 0 Å². The van der Waals surface area contributed by atoms with E-state index >= 15 is 0 Å². The molecule has 0 radical (unpaired) electrons. The highest BCUT2D eigenvalue weighted by molar-refractivity contribution is 5.85. The number of hydrogen-bond donors (Lipinski definition) is 2. The quantitative estimate of drug-likeness (QED) is 0.701. The molecule has 1 aliphatic heterocycles. The topological polar surface area (TPSA) is 88.0 Å². The molecule has 2 heterocycles. The summed E-state index contributed by atoms with van der Waals surface area (Å²) >= 11 is 0. The van der Waals surface area contributed by atoms with Crippen molar-refractivity contribution in [3.63, 3.8) is 0 Å². The molecule has 148 valence electrons. The zero-order chi connectivity index (χ0) is 18.4. The lowest BCUT2D eigenvalue weighted by Crippen LogP contribution is -2.47. The van der Waals surface area contributed by atoms with Crippen LogP contribution in [0.1, 0.15) is 17.4 Å². The second kappa shape index (κ2) is 10.3. The number of tetrazole rings is 1. The lowest BCUT2D eigenvalue weighted by molar-refractivity contribution is -0.124. The number of benzene rings is 1. The van der Waals surface area contributed by atoms with Gasteiger partial charge in [-0.05, 0) is 35.0 Å². The van der Waals surface area contributed by atoms with E-state index in [4.69, 9.17) is 0 Å². The smallest absolute Gasteiger partial charge is 0.245 e. The largest absolute Gasteiger partial charge is 0.353 e. The molecule has 1 aliphatic rings. The van der Waals surface area contributed by atoms with Crippen molar-refractivity contribution >= 4 is 18.3 Å². The first kappa shape index (κ1) is 21.2. The molecular weight excluding hydrogens is 373 g/mol. The van der Waals surface area contributed by atoms with Gasteiger partial charge in [0.2, 0.25) is 5.91 Å². The molecule has 1 saturated heterocycles. The third kappa shape index (κ3) is 5.95. The van der Waals surface area contributed by atoms with E-state index in [0.29, 0.717) is 18.8 Å². The highest BCUT2D eigenvalue weighted by Gasteiger charge is 2.24. The molecule has 1 aromatic carbocycles. The van der Waals surface area contributed by atoms with Crippen LogP contribution in [0.25, 0.3) is 0 Å². The Morgan fingerprint density at radius 1 is 1.37 bits per heavy atom. The van der Waals surface area contributed by atoms with E-state index in [9.17, 15) is 9.18 Å². The summed E-state index contributed by atoms with van der Waals surface area (Å²) in [5, 5.41) is 17.7. The van der Waals surface area contributed by atoms with Crippen molar-refractivity contribution < 1.29 is 9.18 Å². The van der Waals surface area contributed by atoms with Gasteiger partial charge in [0.15, 0.2) is 0 Å². The highest BCUT2D eigenvalue weighted by Crippen LogP contribution is 2.16. The number of aromatic nitrogens is 4. The number of rotatable bonds is 7. The minimum absolute atomic E-state index is 0. The van der Waals surface area contributed by atoms with Gasteiger partial charge in [-0.2, -0.15) is 0 Å². The van der Waals surface area contributed by atoms with Crippen LogP contribution in [0.15, 0.2) is 24.3 Å². The van der Waals surface area contributed by atoms with Crippen LogP contribution in [-0.2, 0) is 11.2 Å². The zero-order valence-corrected chi connectivity index (χ0v) is 16.1. The maximum atomic E-state index is 13.5. The molecule has 1 aromatic heterocycles. The van der Waals surface area contributed by atoms with E-state index in [1.807, 2.05) is 0 Å². The molecule has 2 aromatic rings. The van der Waals surface area contributed by atoms with Gasteiger partial charge in [0, 0.05) is 45.7 Å². The van der Waals surface area contributed by atoms with Crippen LogP contribution in [0.5, 0.6) is 0 Å². The first-order chi connectivity index (χ1) is 12.6. The van der Waals surface area contributed by atoms with E-state index in [-0.39, 0.29) is 24.1 Å². The van der Waals surface area contributed by atoms with Crippen molar-refractivity contribution in [2.45, 2.75) is 19.4 Å². The van der Waals surface area contributed by atoms with E-state index in [0.717, 1.165) is 38.3 Å². The molecule has 2 N–H and O–H groups in total. The Kier molecular flexibility index (Phi) is 8.08. The van der Waals surface area contributed by atoms with Crippen molar-refractivity contribution in [1.29, 1.82) is 0 Å². The second-order valence-corrected chi connectivity index (χ2v) is 6.40. The lowest BCUT2D eigenvalue weighted by atomic mass is 10.1. The van der Waals surface area contributed by atoms with Gasteiger partial charge in [-0.1, -0.05) is 12.1 Å². The summed E-state index contributed by atoms with van der Waals surface area (Å²) in [6.07, 6.45) is 0.323. The van der Waals surface area contributed by atoms with E-state index in [2.05, 4.69) is 31.1 Å². The molecule has 0 bridgehead atoms. The molecule has 1 fully saturated rings. The molecule has 27 heavy (non-hydrogen) atoms. The number of carbonyl (C=O) groups excluding carboxylic acids is 1. The summed E-state index contributed by atoms with van der Waals surface area (Å²) in [6.45, 7) is 7.00. The number of piperazine rings is 1. The molecule has 8 nitrogen and oxygen atoms in total. The highest BCUT2D eigenvalue weighted by atomic mass is 35.5. The number of nitrogens with one attached hydrogen (secondary N) is 2. The van der Waals surface area contributed by atoms with Crippen molar-refractivity contribution in [2.24, 2.45) is 0 Å². The maximum absolute atomic E-state index is 13.5.